The topological polar surface area (TPSA) is 159 Å². The van der Waals surface area contributed by atoms with Gasteiger partial charge in [0.05, 0.1) is 42.7 Å². The van der Waals surface area contributed by atoms with Crippen molar-refractivity contribution in [2.75, 3.05) is 13.7 Å². The van der Waals surface area contributed by atoms with Crippen LogP contribution in [-0.4, -0.2) is 114 Å². The molecule has 3 saturated heterocycles. The maximum atomic E-state index is 13.1. The minimum Gasteiger partial charge on any atom is -0.462 e. The third-order valence-electron chi connectivity index (χ3n) is 10.9. The van der Waals surface area contributed by atoms with Gasteiger partial charge in [-0.15, -0.1) is 0 Å². The number of aliphatic hydroxyl groups excluding tert-OH is 3. The van der Waals surface area contributed by atoms with Crippen LogP contribution in [0, 0.1) is 11.8 Å². The number of carbonyl (C=O) groups is 2. The van der Waals surface area contributed by atoms with E-state index in [4.69, 9.17) is 33.2 Å². The Morgan fingerprint density at radius 3 is 2.40 bits per heavy atom. The van der Waals surface area contributed by atoms with Crippen molar-refractivity contribution < 1.29 is 58.1 Å². The number of aliphatic hydroxyl groups is 3. The third-order valence-corrected chi connectivity index (χ3v) is 10.9. The minimum atomic E-state index is -1.16. The molecule has 14 unspecified atom stereocenters. The second-order valence-corrected chi connectivity index (χ2v) is 15.5. The van der Waals surface area contributed by atoms with Gasteiger partial charge in [0.15, 0.2) is 6.29 Å². The summed E-state index contributed by atoms with van der Waals surface area (Å²) in [6.07, 6.45) is 12.8. The Balaban J connectivity index is 1.46. The molecular weight excluding hydrogens is 684 g/mol. The van der Waals surface area contributed by atoms with Gasteiger partial charge in [-0.1, -0.05) is 76.8 Å². The molecule has 4 aliphatic rings. The van der Waals surface area contributed by atoms with Crippen molar-refractivity contribution in [2.45, 2.75) is 185 Å². The standard InChI is InChI=1S/C41H66O12/c1-6-7-8-9-13-18-36(43)48-25-32-24-33(42)35-21-27(3)34(53-35)17-12-10-11-15-26(2)20-30-23-31(22-29(50-30)16-14-19-37(44)51-32)52-41-40(47-5)39(46)38(45)28(4)49-41/h10-12,14-15,19,26-35,38-42,45-46H,6-9,13,16-18,20-25H2,1-5H3. The molecule has 0 aliphatic carbocycles. The first-order valence-corrected chi connectivity index (χ1v) is 20.0. The van der Waals surface area contributed by atoms with Crippen molar-refractivity contribution in [3.05, 3.63) is 36.5 Å². The Labute approximate surface area is 316 Å². The molecule has 4 rings (SSSR count). The zero-order chi connectivity index (χ0) is 38.3. The normalized spacial score (nSPS) is 38.9. The van der Waals surface area contributed by atoms with Crippen LogP contribution in [0.4, 0.5) is 0 Å². The molecule has 3 N–H and O–H groups in total. The Morgan fingerprint density at radius 1 is 0.849 bits per heavy atom. The summed E-state index contributed by atoms with van der Waals surface area (Å²) in [5, 5.41) is 32.2. The summed E-state index contributed by atoms with van der Waals surface area (Å²) in [6, 6.07) is 0. The average molecular weight is 751 g/mol. The molecule has 12 nitrogen and oxygen atoms in total. The number of esters is 2. The van der Waals surface area contributed by atoms with Crippen molar-refractivity contribution in [1.29, 1.82) is 0 Å². The fourth-order valence-electron chi connectivity index (χ4n) is 7.76. The molecule has 4 heterocycles. The Bertz CT molecular complexity index is 1190. The van der Waals surface area contributed by atoms with Gasteiger partial charge in [0, 0.05) is 38.9 Å². The maximum Gasteiger partial charge on any atom is 0.330 e. The fraction of sp³-hybridized carbons (Fsp3) is 0.805. The number of fused-ring (bicyclic) bond motifs is 4. The lowest BCUT2D eigenvalue weighted by molar-refractivity contribution is -0.315. The van der Waals surface area contributed by atoms with Gasteiger partial charge in [-0.25, -0.2) is 4.79 Å². The van der Waals surface area contributed by atoms with Gasteiger partial charge in [-0.2, -0.15) is 0 Å². The molecule has 302 valence electrons. The van der Waals surface area contributed by atoms with Gasteiger partial charge in [-0.05, 0) is 50.9 Å². The molecule has 4 aliphatic heterocycles. The van der Waals surface area contributed by atoms with Crippen molar-refractivity contribution in [2.24, 2.45) is 11.8 Å². The Hall–Kier alpha value is -2.16. The van der Waals surface area contributed by atoms with Gasteiger partial charge >= 0.3 is 11.9 Å². The fourth-order valence-corrected chi connectivity index (χ4v) is 7.76. The van der Waals surface area contributed by atoms with Crippen LogP contribution in [0.3, 0.4) is 0 Å². The predicted octanol–water partition coefficient (Wildman–Crippen LogP) is 5.25. The van der Waals surface area contributed by atoms with E-state index in [0.29, 0.717) is 38.5 Å². The summed E-state index contributed by atoms with van der Waals surface area (Å²) in [6.45, 7) is 7.93. The van der Waals surface area contributed by atoms with E-state index in [2.05, 4.69) is 32.9 Å². The Kier molecular flexibility index (Phi) is 18.4. The molecule has 0 spiro atoms. The lowest BCUT2D eigenvalue weighted by Crippen LogP contribution is -2.59. The highest BCUT2D eigenvalue weighted by atomic mass is 16.7. The van der Waals surface area contributed by atoms with Crippen LogP contribution in [-0.2, 0) is 42.7 Å². The number of allylic oxidation sites excluding steroid dienone is 3. The number of hydrogen-bond donors (Lipinski definition) is 3. The highest BCUT2D eigenvalue weighted by molar-refractivity contribution is 5.82. The Morgan fingerprint density at radius 2 is 1.62 bits per heavy atom. The summed E-state index contributed by atoms with van der Waals surface area (Å²) in [5.41, 5.74) is 0. The van der Waals surface area contributed by atoms with Crippen molar-refractivity contribution >= 4 is 11.9 Å². The molecule has 0 radical (unpaired) electrons. The van der Waals surface area contributed by atoms with Crippen molar-refractivity contribution in [3.63, 3.8) is 0 Å². The highest BCUT2D eigenvalue weighted by Crippen LogP contribution is 2.34. The van der Waals surface area contributed by atoms with Gasteiger partial charge in [0.1, 0.15) is 31.0 Å². The first-order chi connectivity index (χ1) is 25.5. The molecular formula is C41H66O12. The molecule has 12 heteroatoms. The van der Waals surface area contributed by atoms with Gasteiger partial charge in [-0.3, -0.25) is 4.79 Å². The number of cyclic esters (lactones) is 1. The zero-order valence-corrected chi connectivity index (χ0v) is 32.5. The maximum absolute atomic E-state index is 13.1. The van der Waals surface area contributed by atoms with Crippen molar-refractivity contribution in [1.82, 2.24) is 0 Å². The van der Waals surface area contributed by atoms with Gasteiger partial charge < -0.3 is 48.5 Å². The van der Waals surface area contributed by atoms with E-state index in [1.165, 1.54) is 13.2 Å². The quantitative estimate of drug-likeness (QED) is 0.186. The highest BCUT2D eigenvalue weighted by Gasteiger charge is 2.45. The van der Waals surface area contributed by atoms with Crippen LogP contribution in [0.1, 0.15) is 111 Å². The molecule has 4 bridgehead atoms. The van der Waals surface area contributed by atoms with Crippen LogP contribution >= 0.6 is 0 Å². The van der Waals surface area contributed by atoms with Crippen LogP contribution in [0.5, 0.6) is 0 Å². The van der Waals surface area contributed by atoms with E-state index >= 15 is 0 Å². The van der Waals surface area contributed by atoms with E-state index in [1.807, 2.05) is 12.2 Å². The number of methoxy groups -OCH3 is 1. The predicted molar refractivity (Wildman–Crippen MR) is 198 cm³/mol. The van der Waals surface area contributed by atoms with Crippen molar-refractivity contribution in [3.8, 4) is 0 Å². The lowest BCUT2D eigenvalue weighted by atomic mass is 9.92. The molecule has 14 atom stereocenters. The number of rotatable bonds is 11. The first kappa shape index (κ1) is 43.6. The second-order valence-electron chi connectivity index (χ2n) is 15.5. The summed E-state index contributed by atoms with van der Waals surface area (Å²) >= 11 is 0. The van der Waals surface area contributed by atoms with E-state index in [1.54, 1.807) is 13.0 Å². The van der Waals surface area contributed by atoms with Gasteiger partial charge in [0.25, 0.3) is 0 Å². The summed E-state index contributed by atoms with van der Waals surface area (Å²) in [7, 11) is 1.45. The number of hydrogen-bond acceptors (Lipinski definition) is 12. The number of ether oxygens (including phenoxy) is 7. The summed E-state index contributed by atoms with van der Waals surface area (Å²) < 4.78 is 41.9. The monoisotopic (exact) mass is 750 g/mol. The van der Waals surface area contributed by atoms with Crippen LogP contribution in [0.2, 0.25) is 0 Å². The molecule has 3 fully saturated rings. The second kappa shape index (κ2) is 22.4. The number of carbonyl (C=O) groups excluding carboxylic acids is 2. The zero-order valence-electron chi connectivity index (χ0n) is 32.5. The minimum absolute atomic E-state index is 0.0528. The molecule has 0 aromatic carbocycles. The summed E-state index contributed by atoms with van der Waals surface area (Å²) in [5.74, 6) is -0.518. The lowest BCUT2D eigenvalue weighted by Gasteiger charge is -2.43. The molecule has 0 saturated carbocycles. The molecule has 53 heavy (non-hydrogen) atoms. The van der Waals surface area contributed by atoms with Gasteiger partial charge in [0.2, 0.25) is 0 Å². The largest absolute Gasteiger partial charge is 0.462 e. The smallest absolute Gasteiger partial charge is 0.330 e. The van der Waals surface area contributed by atoms with E-state index < -0.39 is 55.0 Å². The van der Waals surface area contributed by atoms with Crippen LogP contribution in [0.15, 0.2) is 36.5 Å². The molecule has 0 aromatic rings. The van der Waals surface area contributed by atoms with Crippen LogP contribution in [0.25, 0.3) is 0 Å². The third kappa shape index (κ3) is 14.1. The first-order valence-electron chi connectivity index (χ1n) is 20.0. The SMILES string of the molecule is CCCCCCCC(=O)OCC1CC(O)C2CC(C)C(CC=CC=CC(C)CC3CC(OC4OC(C)C(O)C(O)C4OC)CC(CC=CC(=O)O1)O3)O2. The van der Waals surface area contributed by atoms with E-state index in [-0.39, 0.29) is 55.2 Å². The molecule has 0 amide bonds. The van der Waals surface area contributed by atoms with E-state index in [9.17, 15) is 24.9 Å². The molecule has 0 aromatic heterocycles. The van der Waals surface area contributed by atoms with Crippen LogP contribution < -0.4 is 0 Å². The van der Waals surface area contributed by atoms with E-state index in [0.717, 1.165) is 38.5 Å². The summed E-state index contributed by atoms with van der Waals surface area (Å²) in [4.78, 5) is 25.7. The number of unbranched alkanes of at least 4 members (excludes halogenated alkanes) is 4. The average Bonchev–Trinajstić information content (AvgIpc) is 3.49.